The molecule has 0 radical (unpaired) electrons. The van der Waals surface area contributed by atoms with Gasteiger partial charge >= 0.3 is 5.97 Å². The summed E-state index contributed by atoms with van der Waals surface area (Å²) >= 11 is 2.14. The van der Waals surface area contributed by atoms with Gasteiger partial charge in [-0.2, -0.15) is 0 Å². The van der Waals surface area contributed by atoms with Crippen molar-refractivity contribution in [2.24, 2.45) is 5.73 Å². The predicted octanol–water partition coefficient (Wildman–Crippen LogP) is 4.04. The molecule has 36 heavy (non-hydrogen) atoms. The molecule has 12 heteroatoms. The lowest BCUT2D eigenvalue weighted by atomic mass is 10.1. The quantitative estimate of drug-likeness (QED) is 0.295. The summed E-state index contributed by atoms with van der Waals surface area (Å²) in [6.45, 7) is 10.1. The van der Waals surface area contributed by atoms with E-state index in [0.717, 1.165) is 22.6 Å². The van der Waals surface area contributed by atoms with Crippen LogP contribution in [0.4, 0.5) is 5.00 Å². The van der Waals surface area contributed by atoms with Crippen LogP contribution in [0.15, 0.2) is 23.4 Å². The number of rotatable bonds is 10. The number of anilines is 1. The number of ether oxygens (including phenoxy) is 2. The van der Waals surface area contributed by atoms with Crippen molar-refractivity contribution in [1.29, 1.82) is 0 Å². The van der Waals surface area contributed by atoms with E-state index in [9.17, 15) is 14.4 Å². The second kappa shape index (κ2) is 11.6. The smallest absolute Gasteiger partial charge is 0.341 e. The topological polar surface area (TPSA) is 138 Å². The number of thiophene rings is 1. The van der Waals surface area contributed by atoms with E-state index in [0.29, 0.717) is 23.1 Å². The van der Waals surface area contributed by atoms with Crippen LogP contribution in [0.1, 0.15) is 62.5 Å². The summed E-state index contributed by atoms with van der Waals surface area (Å²) in [6, 6.07) is 5.91. The van der Waals surface area contributed by atoms with Gasteiger partial charge in [0.25, 0.3) is 5.91 Å². The van der Waals surface area contributed by atoms with Crippen LogP contribution in [-0.2, 0) is 16.1 Å². The molecule has 3 aromatic rings. The normalized spacial score (nSPS) is 11.7. The SMILES string of the molecule is CCn1c(SCC(=O)Nc2sc(C(N)=O)c(C)c2C(=O)OC)nnc1C(C)Oc1ccc(C)c(C)c1. The number of amides is 2. The first-order valence-corrected chi connectivity index (χ1v) is 13.0. The number of nitrogens with one attached hydrogen (secondary N) is 1. The van der Waals surface area contributed by atoms with Crippen LogP contribution in [0.3, 0.4) is 0 Å². The zero-order valence-corrected chi connectivity index (χ0v) is 22.6. The van der Waals surface area contributed by atoms with Gasteiger partial charge < -0.3 is 25.1 Å². The molecule has 3 rings (SSSR count). The second-order valence-electron chi connectivity index (χ2n) is 8.04. The zero-order chi connectivity index (χ0) is 26.6. The van der Waals surface area contributed by atoms with E-state index < -0.39 is 11.9 Å². The number of aromatic nitrogens is 3. The third-order valence-electron chi connectivity index (χ3n) is 5.56. The predicted molar refractivity (Wildman–Crippen MR) is 139 cm³/mol. The number of hydrogen-bond acceptors (Lipinski definition) is 9. The van der Waals surface area contributed by atoms with Crippen LogP contribution in [0, 0.1) is 20.8 Å². The highest BCUT2D eigenvalue weighted by Gasteiger charge is 2.26. The number of thioether (sulfide) groups is 1. The van der Waals surface area contributed by atoms with Crippen LogP contribution >= 0.6 is 23.1 Å². The molecule has 0 saturated heterocycles. The Morgan fingerprint density at radius 1 is 1.19 bits per heavy atom. The Morgan fingerprint density at radius 2 is 1.92 bits per heavy atom. The van der Waals surface area contributed by atoms with E-state index in [1.807, 2.05) is 50.5 Å². The van der Waals surface area contributed by atoms with E-state index >= 15 is 0 Å². The number of primary amides is 1. The number of carbonyl (C=O) groups excluding carboxylic acids is 3. The molecule has 0 spiro atoms. The van der Waals surface area contributed by atoms with Crippen molar-refractivity contribution >= 4 is 45.9 Å². The van der Waals surface area contributed by atoms with Crippen LogP contribution in [0.5, 0.6) is 5.75 Å². The van der Waals surface area contributed by atoms with Crippen molar-refractivity contribution < 1.29 is 23.9 Å². The average Bonchev–Trinajstić information content (AvgIpc) is 3.40. The largest absolute Gasteiger partial charge is 0.483 e. The molecule has 10 nitrogen and oxygen atoms in total. The minimum Gasteiger partial charge on any atom is -0.483 e. The molecule has 0 fully saturated rings. The van der Waals surface area contributed by atoms with Crippen molar-refractivity contribution in [3.05, 3.63) is 51.2 Å². The van der Waals surface area contributed by atoms with Gasteiger partial charge in [0.2, 0.25) is 5.91 Å². The Kier molecular flexibility index (Phi) is 8.75. The molecule has 0 aliphatic rings. The van der Waals surface area contributed by atoms with Crippen molar-refractivity contribution in [3.8, 4) is 5.75 Å². The zero-order valence-electron chi connectivity index (χ0n) is 21.0. The van der Waals surface area contributed by atoms with E-state index in [4.69, 9.17) is 15.2 Å². The van der Waals surface area contributed by atoms with Gasteiger partial charge in [0, 0.05) is 6.54 Å². The number of nitrogens with two attached hydrogens (primary N) is 1. The van der Waals surface area contributed by atoms with Gasteiger partial charge in [-0.3, -0.25) is 9.59 Å². The Labute approximate surface area is 217 Å². The third-order valence-corrected chi connectivity index (χ3v) is 7.75. The van der Waals surface area contributed by atoms with Gasteiger partial charge in [0.1, 0.15) is 10.8 Å². The maximum Gasteiger partial charge on any atom is 0.341 e. The van der Waals surface area contributed by atoms with Gasteiger partial charge in [0.15, 0.2) is 17.1 Å². The molecule has 2 aromatic heterocycles. The number of carbonyl (C=O) groups is 3. The summed E-state index contributed by atoms with van der Waals surface area (Å²) in [6.07, 6.45) is -0.355. The number of aryl methyl sites for hydroxylation is 2. The van der Waals surface area contributed by atoms with Crippen molar-refractivity contribution in [2.45, 2.75) is 52.4 Å². The molecule has 3 N–H and O–H groups in total. The molecule has 0 aliphatic carbocycles. The van der Waals surface area contributed by atoms with Gasteiger partial charge in [-0.1, -0.05) is 17.8 Å². The summed E-state index contributed by atoms with van der Waals surface area (Å²) in [5.41, 5.74) is 8.21. The van der Waals surface area contributed by atoms with Crippen molar-refractivity contribution in [3.63, 3.8) is 0 Å². The Balaban J connectivity index is 1.71. The minimum absolute atomic E-state index is 0.00793. The number of nitrogens with zero attached hydrogens (tertiary/aromatic N) is 3. The van der Waals surface area contributed by atoms with E-state index in [2.05, 4.69) is 15.5 Å². The molecule has 0 saturated carbocycles. The number of methoxy groups -OCH3 is 1. The third kappa shape index (κ3) is 5.88. The van der Waals surface area contributed by atoms with Gasteiger partial charge in [-0.25, -0.2) is 4.79 Å². The summed E-state index contributed by atoms with van der Waals surface area (Å²) in [5, 5.41) is 12.0. The molecule has 0 aliphatic heterocycles. The van der Waals surface area contributed by atoms with Crippen molar-refractivity contribution in [2.75, 3.05) is 18.2 Å². The Hall–Kier alpha value is -3.38. The number of esters is 1. The highest BCUT2D eigenvalue weighted by Crippen LogP contribution is 2.34. The second-order valence-corrected chi connectivity index (χ2v) is 10.0. The lowest BCUT2D eigenvalue weighted by Crippen LogP contribution is -2.17. The Bertz CT molecular complexity index is 1300. The lowest BCUT2D eigenvalue weighted by Gasteiger charge is -2.16. The first-order chi connectivity index (χ1) is 17.1. The molecular formula is C24H29N5O5S2. The van der Waals surface area contributed by atoms with Gasteiger partial charge in [-0.15, -0.1) is 21.5 Å². The maximum atomic E-state index is 12.7. The molecule has 192 valence electrons. The fourth-order valence-electron chi connectivity index (χ4n) is 3.53. The molecule has 2 heterocycles. The fourth-order valence-corrected chi connectivity index (χ4v) is 5.40. The number of benzene rings is 1. The van der Waals surface area contributed by atoms with Crippen LogP contribution in [0.2, 0.25) is 0 Å². The summed E-state index contributed by atoms with van der Waals surface area (Å²) in [7, 11) is 1.23. The molecule has 1 atom stereocenters. The first kappa shape index (κ1) is 27.2. The van der Waals surface area contributed by atoms with Crippen molar-refractivity contribution in [1.82, 2.24) is 14.8 Å². The molecule has 0 bridgehead atoms. The Morgan fingerprint density at radius 3 is 2.53 bits per heavy atom. The fraction of sp³-hybridized carbons (Fsp3) is 0.375. The van der Waals surface area contributed by atoms with E-state index in [1.54, 1.807) is 6.92 Å². The van der Waals surface area contributed by atoms with Gasteiger partial charge in [-0.05, 0) is 63.4 Å². The summed E-state index contributed by atoms with van der Waals surface area (Å²) < 4.78 is 12.8. The van der Waals surface area contributed by atoms with Crippen LogP contribution in [0.25, 0.3) is 0 Å². The molecular weight excluding hydrogens is 502 g/mol. The average molecular weight is 532 g/mol. The highest BCUT2D eigenvalue weighted by molar-refractivity contribution is 7.99. The molecule has 1 aromatic carbocycles. The standard InChI is InChI=1S/C24H29N5O5S2/c1-7-29-21(15(5)34-16-9-8-12(2)13(3)10-16)27-28-24(29)35-11-17(30)26-22-18(23(32)33-6)14(4)19(36-22)20(25)31/h8-10,15H,7,11H2,1-6H3,(H2,25,31)(H,26,30). The summed E-state index contributed by atoms with van der Waals surface area (Å²) in [4.78, 5) is 36.8. The highest BCUT2D eigenvalue weighted by atomic mass is 32.2. The lowest BCUT2D eigenvalue weighted by molar-refractivity contribution is -0.113. The maximum absolute atomic E-state index is 12.7. The monoisotopic (exact) mass is 531 g/mol. The summed E-state index contributed by atoms with van der Waals surface area (Å²) in [5.74, 6) is -0.326. The van der Waals surface area contributed by atoms with Crippen LogP contribution in [-0.4, -0.2) is 45.4 Å². The minimum atomic E-state index is -0.682. The first-order valence-electron chi connectivity index (χ1n) is 11.2. The van der Waals surface area contributed by atoms with Crippen LogP contribution < -0.4 is 15.8 Å². The number of hydrogen-bond donors (Lipinski definition) is 2. The molecule has 2 amide bonds. The molecule has 1 unspecified atom stereocenters. The van der Waals surface area contributed by atoms with E-state index in [1.165, 1.54) is 24.4 Å². The van der Waals surface area contributed by atoms with Gasteiger partial charge in [0.05, 0.1) is 23.3 Å². The van der Waals surface area contributed by atoms with E-state index in [-0.39, 0.29) is 33.2 Å².